The van der Waals surface area contributed by atoms with Crippen LogP contribution in [-0.2, 0) is 24.0 Å². The summed E-state index contributed by atoms with van der Waals surface area (Å²) >= 11 is 0. The molecular formula is C18H33N5O7. The maximum Gasteiger partial charge on any atom is 0.326 e. The largest absolute Gasteiger partial charge is 0.481 e. The molecule has 30 heavy (non-hydrogen) atoms. The summed E-state index contributed by atoms with van der Waals surface area (Å²) in [5.74, 6) is -5.38. The van der Waals surface area contributed by atoms with Crippen molar-refractivity contribution in [2.75, 3.05) is 6.54 Å². The molecule has 0 unspecified atom stereocenters. The van der Waals surface area contributed by atoms with Crippen LogP contribution in [0.1, 0.15) is 46.5 Å². The second-order valence-corrected chi connectivity index (χ2v) is 7.35. The highest BCUT2D eigenvalue weighted by atomic mass is 16.4. The van der Waals surface area contributed by atoms with Gasteiger partial charge in [-0.25, -0.2) is 4.79 Å². The second kappa shape index (κ2) is 13.5. The van der Waals surface area contributed by atoms with Crippen molar-refractivity contribution in [1.82, 2.24) is 16.0 Å². The standard InChI is InChI=1S/C18H33N5O7/c1-9(2)14(17(28)22-12(18(29)30)8-13(24)25)23-15(26)10(3)21-16(27)11(20)6-4-5-7-19/h9-12,14H,4-8,19-20H2,1-3H3,(H,21,27)(H,22,28)(H,23,26)(H,24,25)(H,29,30)/t10-,11-,12-,14-/m0/s1. The van der Waals surface area contributed by atoms with Crippen LogP contribution in [0.2, 0.25) is 0 Å². The van der Waals surface area contributed by atoms with E-state index in [2.05, 4.69) is 16.0 Å². The summed E-state index contributed by atoms with van der Waals surface area (Å²) in [6, 6.07) is -4.58. The van der Waals surface area contributed by atoms with Crippen molar-refractivity contribution in [2.24, 2.45) is 17.4 Å². The summed E-state index contributed by atoms with van der Waals surface area (Å²) < 4.78 is 0. The molecule has 0 saturated heterocycles. The van der Waals surface area contributed by atoms with Crippen LogP contribution >= 0.6 is 0 Å². The molecular weight excluding hydrogens is 398 g/mol. The summed E-state index contributed by atoms with van der Waals surface area (Å²) in [6.07, 6.45) is 0.993. The minimum Gasteiger partial charge on any atom is -0.481 e. The molecule has 0 rings (SSSR count). The fourth-order valence-electron chi connectivity index (χ4n) is 2.48. The van der Waals surface area contributed by atoms with Gasteiger partial charge in [0, 0.05) is 0 Å². The van der Waals surface area contributed by atoms with Gasteiger partial charge in [-0.1, -0.05) is 20.3 Å². The molecule has 0 aromatic rings. The van der Waals surface area contributed by atoms with E-state index in [0.29, 0.717) is 19.4 Å². The molecule has 3 amide bonds. The van der Waals surface area contributed by atoms with Crippen LogP contribution in [-0.4, -0.2) is 70.6 Å². The molecule has 0 heterocycles. The van der Waals surface area contributed by atoms with Gasteiger partial charge in [0.2, 0.25) is 17.7 Å². The number of nitrogens with one attached hydrogen (secondary N) is 3. The lowest BCUT2D eigenvalue weighted by Gasteiger charge is -2.25. The number of unbranched alkanes of at least 4 members (excludes halogenated alkanes) is 1. The third-order valence-corrected chi connectivity index (χ3v) is 4.30. The number of aliphatic carboxylic acids is 2. The molecule has 0 fully saturated rings. The zero-order valence-electron chi connectivity index (χ0n) is 17.5. The molecule has 0 aliphatic carbocycles. The third kappa shape index (κ3) is 10.2. The zero-order chi connectivity index (χ0) is 23.4. The fourth-order valence-corrected chi connectivity index (χ4v) is 2.48. The zero-order valence-corrected chi connectivity index (χ0v) is 17.5. The number of carboxylic acids is 2. The molecule has 0 spiro atoms. The lowest BCUT2D eigenvalue weighted by molar-refractivity contribution is -0.147. The van der Waals surface area contributed by atoms with E-state index in [0.717, 1.165) is 6.42 Å². The summed E-state index contributed by atoms with van der Waals surface area (Å²) in [4.78, 5) is 58.8. The first-order valence-electron chi connectivity index (χ1n) is 9.72. The molecule has 0 aliphatic rings. The normalized spacial score (nSPS) is 14.9. The van der Waals surface area contributed by atoms with E-state index in [9.17, 15) is 24.0 Å². The van der Waals surface area contributed by atoms with Gasteiger partial charge >= 0.3 is 11.9 Å². The van der Waals surface area contributed by atoms with Crippen molar-refractivity contribution >= 4 is 29.7 Å². The van der Waals surface area contributed by atoms with E-state index in [1.165, 1.54) is 6.92 Å². The molecule has 0 bridgehead atoms. The van der Waals surface area contributed by atoms with Crippen molar-refractivity contribution in [2.45, 2.75) is 70.6 Å². The van der Waals surface area contributed by atoms with Crippen LogP contribution in [0.15, 0.2) is 0 Å². The van der Waals surface area contributed by atoms with Gasteiger partial charge in [0.25, 0.3) is 0 Å². The smallest absolute Gasteiger partial charge is 0.326 e. The van der Waals surface area contributed by atoms with Crippen molar-refractivity contribution in [1.29, 1.82) is 0 Å². The molecule has 12 heteroatoms. The third-order valence-electron chi connectivity index (χ3n) is 4.30. The molecule has 0 aromatic carbocycles. The minimum absolute atomic E-state index is 0.411. The van der Waals surface area contributed by atoms with E-state index in [1.807, 2.05) is 0 Å². The van der Waals surface area contributed by atoms with Gasteiger partial charge in [0.05, 0.1) is 12.5 Å². The minimum atomic E-state index is -1.64. The average Bonchev–Trinajstić information content (AvgIpc) is 2.64. The van der Waals surface area contributed by atoms with Crippen LogP contribution in [0.5, 0.6) is 0 Å². The van der Waals surface area contributed by atoms with Crippen LogP contribution in [0.3, 0.4) is 0 Å². The predicted octanol–water partition coefficient (Wildman–Crippen LogP) is -1.87. The summed E-state index contributed by atoms with van der Waals surface area (Å²) in [7, 11) is 0. The molecule has 4 atom stereocenters. The van der Waals surface area contributed by atoms with Crippen molar-refractivity contribution in [3.05, 3.63) is 0 Å². The topological polar surface area (TPSA) is 214 Å². The lowest BCUT2D eigenvalue weighted by Crippen LogP contribution is -2.58. The van der Waals surface area contributed by atoms with Gasteiger partial charge in [-0.15, -0.1) is 0 Å². The number of carbonyl (C=O) groups excluding carboxylic acids is 3. The Morgan fingerprint density at radius 1 is 0.867 bits per heavy atom. The Bertz CT molecular complexity index is 626. The van der Waals surface area contributed by atoms with E-state index >= 15 is 0 Å². The molecule has 0 aliphatic heterocycles. The van der Waals surface area contributed by atoms with Crippen LogP contribution < -0.4 is 27.4 Å². The summed E-state index contributed by atoms with van der Waals surface area (Å²) in [5, 5.41) is 24.8. The van der Waals surface area contributed by atoms with E-state index < -0.39 is 66.2 Å². The van der Waals surface area contributed by atoms with E-state index in [1.54, 1.807) is 13.8 Å². The van der Waals surface area contributed by atoms with Crippen molar-refractivity contribution < 1.29 is 34.2 Å². The van der Waals surface area contributed by atoms with Gasteiger partial charge in [-0.2, -0.15) is 0 Å². The Morgan fingerprint density at radius 3 is 1.93 bits per heavy atom. The SMILES string of the molecule is CC(C)[C@H](NC(=O)[C@H](C)NC(=O)[C@@H](N)CCCCN)C(=O)N[C@@H](CC(=O)O)C(=O)O. The predicted molar refractivity (Wildman–Crippen MR) is 107 cm³/mol. The average molecular weight is 431 g/mol. The van der Waals surface area contributed by atoms with Crippen LogP contribution in [0, 0.1) is 5.92 Å². The maximum absolute atomic E-state index is 12.4. The first kappa shape index (κ1) is 27.3. The van der Waals surface area contributed by atoms with Gasteiger partial charge in [-0.3, -0.25) is 19.2 Å². The number of carboxylic acid groups (broad SMARTS) is 2. The Hall–Kier alpha value is -2.73. The summed E-state index contributed by atoms with van der Waals surface area (Å²) in [5.41, 5.74) is 11.2. The van der Waals surface area contributed by atoms with Gasteiger partial charge < -0.3 is 37.6 Å². The second-order valence-electron chi connectivity index (χ2n) is 7.35. The number of nitrogens with two attached hydrogens (primary N) is 2. The van der Waals surface area contributed by atoms with Crippen LogP contribution in [0.25, 0.3) is 0 Å². The Kier molecular flexibility index (Phi) is 12.3. The Morgan fingerprint density at radius 2 is 1.47 bits per heavy atom. The van der Waals surface area contributed by atoms with E-state index in [4.69, 9.17) is 21.7 Å². The molecule has 9 N–H and O–H groups in total. The van der Waals surface area contributed by atoms with Gasteiger partial charge in [0.1, 0.15) is 18.1 Å². The Labute approximate surface area is 175 Å². The molecule has 0 saturated carbocycles. The molecule has 12 nitrogen and oxygen atoms in total. The highest BCUT2D eigenvalue weighted by molar-refractivity contribution is 5.94. The lowest BCUT2D eigenvalue weighted by atomic mass is 10.0. The number of hydrogen-bond donors (Lipinski definition) is 7. The van der Waals surface area contributed by atoms with E-state index in [-0.39, 0.29) is 0 Å². The summed E-state index contributed by atoms with van der Waals surface area (Å²) in [6.45, 7) is 5.14. The van der Waals surface area contributed by atoms with Crippen molar-refractivity contribution in [3.63, 3.8) is 0 Å². The quantitative estimate of drug-likeness (QED) is 0.153. The highest BCUT2D eigenvalue weighted by Crippen LogP contribution is 2.05. The van der Waals surface area contributed by atoms with Gasteiger partial charge in [-0.05, 0) is 32.2 Å². The van der Waals surface area contributed by atoms with Crippen LogP contribution in [0.4, 0.5) is 0 Å². The monoisotopic (exact) mass is 431 g/mol. The molecule has 0 aromatic heterocycles. The number of amides is 3. The van der Waals surface area contributed by atoms with Gasteiger partial charge in [0.15, 0.2) is 0 Å². The number of hydrogen-bond acceptors (Lipinski definition) is 7. The molecule has 172 valence electrons. The number of rotatable bonds is 14. The molecule has 0 radical (unpaired) electrons. The van der Waals surface area contributed by atoms with Crippen molar-refractivity contribution in [3.8, 4) is 0 Å². The fraction of sp³-hybridized carbons (Fsp3) is 0.722. The highest BCUT2D eigenvalue weighted by Gasteiger charge is 2.31. The number of carbonyl (C=O) groups is 5. The first-order chi connectivity index (χ1) is 13.9. The maximum atomic E-state index is 12.4. The first-order valence-corrected chi connectivity index (χ1v) is 9.72. The Balaban J connectivity index is 4.93.